The van der Waals surface area contributed by atoms with Crippen LogP contribution < -0.4 is 0 Å². The Hall–Kier alpha value is -0.810. The van der Waals surface area contributed by atoms with Crippen LogP contribution in [-0.4, -0.2) is 20.8 Å². The highest BCUT2D eigenvalue weighted by Gasteiger charge is 2.28. The van der Waals surface area contributed by atoms with Crippen molar-refractivity contribution in [2.24, 2.45) is 0 Å². The molecule has 0 saturated heterocycles. The van der Waals surface area contributed by atoms with E-state index in [4.69, 9.17) is 5.11 Å². The zero-order valence-electron chi connectivity index (χ0n) is 8.26. The molecule has 2 rings (SSSR count). The van der Waals surface area contributed by atoms with Crippen molar-refractivity contribution < 1.29 is 14.2 Å². The molecule has 0 atom stereocenters. The topological polar surface area (TPSA) is 60.7 Å². The molecule has 3 nitrogen and oxygen atoms in total. The molecule has 0 unspecified atom stereocenters. The number of benzene rings is 1. The number of aliphatic hydroxyl groups excluding tert-OH is 1. The van der Waals surface area contributed by atoms with Crippen LogP contribution in [0.1, 0.15) is 18.4 Å². The maximum atomic E-state index is 10.0. The van der Waals surface area contributed by atoms with Gasteiger partial charge in [0.05, 0.1) is 4.90 Å². The molecule has 0 spiro atoms. The Balaban J connectivity index is 2.31. The largest absolute Gasteiger partial charge is 0.396 e. The van der Waals surface area contributed by atoms with Crippen molar-refractivity contribution in [3.8, 4) is 0 Å². The number of fused-ring (bicyclic) bond motifs is 1. The molecule has 82 valence electrons. The Bertz CT molecular complexity index is 399. The van der Waals surface area contributed by atoms with Crippen molar-refractivity contribution >= 4 is 16.7 Å². The highest BCUT2D eigenvalue weighted by Crippen LogP contribution is 2.62. The fourth-order valence-electron chi connectivity index (χ4n) is 1.72. The summed E-state index contributed by atoms with van der Waals surface area (Å²) in [6, 6.07) is 7.29. The SMILES string of the molecule is OCCCC1=Cc2ccccc2S1(O)O. The number of rotatable bonds is 3. The molecule has 0 amide bonds. The van der Waals surface area contributed by atoms with Crippen LogP contribution in [-0.2, 0) is 0 Å². The lowest BCUT2D eigenvalue weighted by Crippen LogP contribution is -1.98. The molecule has 1 aromatic carbocycles. The summed E-state index contributed by atoms with van der Waals surface area (Å²) in [6.45, 7) is 0.0726. The van der Waals surface area contributed by atoms with Crippen LogP contribution in [0, 0.1) is 0 Å². The second kappa shape index (κ2) is 3.98. The lowest BCUT2D eigenvalue weighted by Gasteiger charge is -2.31. The van der Waals surface area contributed by atoms with Gasteiger partial charge in [0, 0.05) is 11.5 Å². The van der Waals surface area contributed by atoms with Crippen LogP contribution in [0.25, 0.3) is 6.08 Å². The molecule has 3 N–H and O–H groups in total. The number of allylic oxidation sites excluding steroid dienone is 1. The van der Waals surface area contributed by atoms with Gasteiger partial charge in [-0.1, -0.05) is 18.2 Å². The minimum absolute atomic E-state index is 0.0726. The van der Waals surface area contributed by atoms with E-state index < -0.39 is 10.6 Å². The maximum absolute atomic E-state index is 10.0. The quantitative estimate of drug-likeness (QED) is 0.742. The summed E-state index contributed by atoms with van der Waals surface area (Å²) < 4.78 is 20.0. The van der Waals surface area contributed by atoms with Crippen LogP contribution in [0.3, 0.4) is 0 Å². The Kier molecular flexibility index (Phi) is 2.84. The predicted octanol–water partition coefficient (Wildman–Crippen LogP) is 2.92. The standard InChI is InChI=1S/C11H14O3S/c12-7-3-5-10-8-9-4-1-2-6-11(9)15(10,13)14/h1-2,4,6,8,12-14H,3,5,7H2. The van der Waals surface area contributed by atoms with Gasteiger partial charge in [-0.15, -0.1) is 10.6 Å². The molecular formula is C11H14O3S. The summed E-state index contributed by atoms with van der Waals surface area (Å²) in [5.41, 5.74) is 0.880. The molecule has 1 heterocycles. The van der Waals surface area contributed by atoms with Gasteiger partial charge in [0.2, 0.25) is 0 Å². The smallest absolute Gasteiger partial charge is 0.0706 e. The molecule has 0 bridgehead atoms. The molecule has 1 aromatic rings. The van der Waals surface area contributed by atoms with E-state index >= 15 is 0 Å². The molecule has 0 aliphatic carbocycles. The van der Waals surface area contributed by atoms with Crippen molar-refractivity contribution in [3.63, 3.8) is 0 Å². The zero-order valence-corrected chi connectivity index (χ0v) is 9.07. The van der Waals surface area contributed by atoms with E-state index in [1.54, 1.807) is 12.1 Å². The van der Waals surface area contributed by atoms with Crippen LogP contribution >= 0.6 is 10.6 Å². The Morgan fingerprint density at radius 3 is 2.53 bits per heavy atom. The summed E-state index contributed by atoms with van der Waals surface area (Å²) in [7, 11) is -2.77. The number of hydrogen-bond donors (Lipinski definition) is 3. The summed E-state index contributed by atoms with van der Waals surface area (Å²) in [5, 5.41) is 8.73. The van der Waals surface area contributed by atoms with E-state index in [9.17, 15) is 9.11 Å². The minimum Gasteiger partial charge on any atom is -0.396 e. The Morgan fingerprint density at radius 2 is 1.87 bits per heavy atom. The van der Waals surface area contributed by atoms with Gasteiger partial charge in [-0.3, -0.25) is 9.11 Å². The lowest BCUT2D eigenvalue weighted by atomic mass is 10.2. The molecule has 1 aliphatic rings. The van der Waals surface area contributed by atoms with Gasteiger partial charge in [-0.25, -0.2) is 0 Å². The first-order valence-electron chi connectivity index (χ1n) is 4.85. The van der Waals surface area contributed by atoms with Crippen molar-refractivity contribution in [1.82, 2.24) is 0 Å². The van der Waals surface area contributed by atoms with Gasteiger partial charge < -0.3 is 5.11 Å². The Labute approximate surface area is 90.4 Å². The fourth-order valence-corrected chi connectivity index (χ4v) is 3.45. The minimum atomic E-state index is -2.77. The third-order valence-corrected chi connectivity index (χ3v) is 4.53. The molecule has 0 radical (unpaired) electrons. The van der Waals surface area contributed by atoms with Gasteiger partial charge >= 0.3 is 0 Å². The van der Waals surface area contributed by atoms with Crippen LogP contribution in [0.2, 0.25) is 0 Å². The van der Waals surface area contributed by atoms with Gasteiger partial charge in [-0.2, -0.15) is 0 Å². The van der Waals surface area contributed by atoms with Gasteiger partial charge in [0.1, 0.15) is 0 Å². The van der Waals surface area contributed by atoms with E-state index in [1.165, 1.54) is 0 Å². The lowest BCUT2D eigenvalue weighted by molar-refractivity contribution is 0.289. The molecule has 0 saturated carbocycles. The molecule has 1 aliphatic heterocycles. The highest BCUT2D eigenvalue weighted by atomic mass is 32.3. The zero-order chi connectivity index (χ0) is 10.9. The molecule has 15 heavy (non-hydrogen) atoms. The van der Waals surface area contributed by atoms with Gasteiger partial charge in [-0.05, 0) is 30.5 Å². The first-order chi connectivity index (χ1) is 7.16. The van der Waals surface area contributed by atoms with E-state index in [1.807, 2.05) is 18.2 Å². The van der Waals surface area contributed by atoms with E-state index in [2.05, 4.69) is 0 Å². The fraction of sp³-hybridized carbons (Fsp3) is 0.273. The second-order valence-electron chi connectivity index (χ2n) is 3.52. The van der Waals surface area contributed by atoms with E-state index in [0.29, 0.717) is 22.6 Å². The Morgan fingerprint density at radius 1 is 1.13 bits per heavy atom. The van der Waals surface area contributed by atoms with Gasteiger partial charge in [0.25, 0.3) is 0 Å². The second-order valence-corrected chi connectivity index (χ2v) is 5.59. The average Bonchev–Trinajstić information content (AvgIpc) is 2.48. The maximum Gasteiger partial charge on any atom is 0.0706 e. The first kappa shape index (κ1) is 10.7. The molecule has 0 fully saturated rings. The van der Waals surface area contributed by atoms with Crippen molar-refractivity contribution in [1.29, 1.82) is 0 Å². The van der Waals surface area contributed by atoms with Crippen LogP contribution in [0.4, 0.5) is 0 Å². The van der Waals surface area contributed by atoms with E-state index in [0.717, 1.165) is 5.56 Å². The first-order valence-corrected chi connectivity index (χ1v) is 6.39. The third-order valence-electron chi connectivity index (χ3n) is 2.49. The summed E-state index contributed by atoms with van der Waals surface area (Å²) in [4.78, 5) is 1.25. The van der Waals surface area contributed by atoms with Gasteiger partial charge in [0.15, 0.2) is 0 Å². The van der Waals surface area contributed by atoms with Crippen LogP contribution in [0.5, 0.6) is 0 Å². The average molecular weight is 226 g/mol. The molecular weight excluding hydrogens is 212 g/mol. The number of hydrogen-bond acceptors (Lipinski definition) is 3. The summed E-state index contributed by atoms with van der Waals surface area (Å²) in [6.07, 6.45) is 2.92. The van der Waals surface area contributed by atoms with Crippen molar-refractivity contribution in [2.75, 3.05) is 6.61 Å². The number of aliphatic hydroxyl groups is 1. The van der Waals surface area contributed by atoms with Crippen molar-refractivity contribution in [2.45, 2.75) is 17.7 Å². The highest BCUT2D eigenvalue weighted by molar-refractivity contribution is 8.28. The van der Waals surface area contributed by atoms with Crippen LogP contribution in [0.15, 0.2) is 34.1 Å². The third kappa shape index (κ3) is 1.81. The molecule has 0 aromatic heterocycles. The normalized spacial score (nSPS) is 19.5. The summed E-state index contributed by atoms with van der Waals surface area (Å²) in [5.74, 6) is 0. The molecule has 4 heteroatoms. The van der Waals surface area contributed by atoms with E-state index in [-0.39, 0.29) is 6.61 Å². The summed E-state index contributed by atoms with van der Waals surface area (Å²) >= 11 is 0. The van der Waals surface area contributed by atoms with Crippen molar-refractivity contribution in [3.05, 3.63) is 34.7 Å². The predicted molar refractivity (Wildman–Crippen MR) is 61.9 cm³/mol. The monoisotopic (exact) mass is 226 g/mol.